The zero-order chi connectivity index (χ0) is 9.47. The maximum absolute atomic E-state index is 6.25. The van der Waals surface area contributed by atoms with Gasteiger partial charge in [0.2, 0.25) is 0 Å². The number of nitrogens with zero attached hydrogens (tertiary/aromatic N) is 1. The molecule has 3 heteroatoms. The van der Waals surface area contributed by atoms with Crippen LogP contribution in [0.15, 0.2) is 0 Å². The van der Waals surface area contributed by atoms with Crippen LogP contribution in [0.3, 0.4) is 0 Å². The Morgan fingerprint density at radius 1 is 1.54 bits per heavy atom. The molecule has 2 fully saturated rings. The standard InChI is InChI=1S/C10H21N3/c1-12-9(10(11)4-5-10)8-3-6-13(2)7-8/h8-9,12H,3-7,11H2,1-2H3. The lowest BCUT2D eigenvalue weighted by molar-refractivity contribution is 0.301. The van der Waals surface area contributed by atoms with E-state index in [1.165, 1.54) is 32.4 Å². The average molecular weight is 183 g/mol. The topological polar surface area (TPSA) is 41.3 Å². The molecule has 1 saturated carbocycles. The van der Waals surface area contributed by atoms with Gasteiger partial charge in [-0.15, -0.1) is 0 Å². The molecule has 1 aliphatic heterocycles. The lowest BCUT2D eigenvalue weighted by atomic mass is 9.91. The molecular weight excluding hydrogens is 162 g/mol. The molecule has 0 spiro atoms. The predicted molar refractivity (Wildman–Crippen MR) is 54.6 cm³/mol. The van der Waals surface area contributed by atoms with Crippen LogP contribution < -0.4 is 11.1 Å². The van der Waals surface area contributed by atoms with Crippen LogP contribution in [0.4, 0.5) is 0 Å². The fourth-order valence-corrected chi connectivity index (χ4v) is 2.69. The van der Waals surface area contributed by atoms with E-state index in [0.29, 0.717) is 6.04 Å². The van der Waals surface area contributed by atoms with Crippen LogP contribution in [0.25, 0.3) is 0 Å². The van der Waals surface area contributed by atoms with E-state index in [4.69, 9.17) is 5.73 Å². The van der Waals surface area contributed by atoms with Crippen LogP contribution in [0.1, 0.15) is 19.3 Å². The average Bonchev–Trinajstić information content (AvgIpc) is 2.67. The van der Waals surface area contributed by atoms with Crippen molar-refractivity contribution in [3.63, 3.8) is 0 Å². The van der Waals surface area contributed by atoms with E-state index in [1.807, 2.05) is 0 Å². The van der Waals surface area contributed by atoms with Crippen molar-refractivity contribution >= 4 is 0 Å². The van der Waals surface area contributed by atoms with Gasteiger partial charge in [-0.2, -0.15) is 0 Å². The summed E-state index contributed by atoms with van der Waals surface area (Å²) in [6, 6.07) is 0.539. The van der Waals surface area contributed by atoms with Gasteiger partial charge >= 0.3 is 0 Å². The SMILES string of the molecule is CNC(C1CCN(C)C1)C1(N)CC1. The second-order valence-corrected chi connectivity index (χ2v) is 4.81. The van der Waals surface area contributed by atoms with Crippen LogP contribution in [-0.4, -0.2) is 43.7 Å². The summed E-state index contributed by atoms with van der Waals surface area (Å²) in [6.07, 6.45) is 3.72. The van der Waals surface area contributed by atoms with Crippen molar-refractivity contribution in [3.05, 3.63) is 0 Å². The molecule has 2 unspecified atom stereocenters. The van der Waals surface area contributed by atoms with Gasteiger partial charge in [-0.1, -0.05) is 0 Å². The van der Waals surface area contributed by atoms with E-state index in [9.17, 15) is 0 Å². The largest absolute Gasteiger partial charge is 0.324 e. The molecule has 0 amide bonds. The van der Waals surface area contributed by atoms with Crippen molar-refractivity contribution in [2.24, 2.45) is 11.7 Å². The summed E-state index contributed by atoms with van der Waals surface area (Å²) < 4.78 is 0. The van der Waals surface area contributed by atoms with Gasteiger partial charge in [-0.3, -0.25) is 0 Å². The molecule has 0 aromatic rings. The van der Waals surface area contributed by atoms with E-state index >= 15 is 0 Å². The number of nitrogens with one attached hydrogen (secondary N) is 1. The van der Waals surface area contributed by atoms with Crippen molar-refractivity contribution in [2.75, 3.05) is 27.2 Å². The van der Waals surface area contributed by atoms with Crippen LogP contribution in [0.5, 0.6) is 0 Å². The maximum Gasteiger partial charge on any atom is 0.0314 e. The third-order valence-corrected chi connectivity index (χ3v) is 3.66. The fraction of sp³-hybridized carbons (Fsp3) is 1.00. The Balaban J connectivity index is 1.97. The molecule has 2 atom stereocenters. The monoisotopic (exact) mass is 183 g/mol. The Bertz CT molecular complexity index is 189. The summed E-state index contributed by atoms with van der Waals surface area (Å²) in [5, 5.41) is 3.42. The van der Waals surface area contributed by atoms with Gasteiger partial charge < -0.3 is 16.0 Å². The molecule has 0 bridgehead atoms. The highest BCUT2D eigenvalue weighted by Crippen LogP contribution is 2.40. The minimum absolute atomic E-state index is 0.130. The van der Waals surface area contributed by atoms with Gasteiger partial charge in [0.15, 0.2) is 0 Å². The van der Waals surface area contributed by atoms with Crippen molar-refractivity contribution in [1.82, 2.24) is 10.2 Å². The molecule has 1 heterocycles. The van der Waals surface area contributed by atoms with Crippen molar-refractivity contribution in [1.29, 1.82) is 0 Å². The summed E-state index contributed by atoms with van der Waals surface area (Å²) >= 11 is 0. The molecule has 0 aromatic carbocycles. The minimum atomic E-state index is 0.130. The third kappa shape index (κ3) is 1.73. The van der Waals surface area contributed by atoms with E-state index in [1.54, 1.807) is 0 Å². The van der Waals surface area contributed by atoms with Gasteiger partial charge in [-0.05, 0) is 45.8 Å². The summed E-state index contributed by atoms with van der Waals surface area (Å²) in [6.45, 7) is 2.45. The molecule has 2 aliphatic rings. The second-order valence-electron chi connectivity index (χ2n) is 4.81. The summed E-state index contributed by atoms with van der Waals surface area (Å²) in [4.78, 5) is 2.40. The Labute approximate surface area is 80.7 Å². The van der Waals surface area contributed by atoms with Crippen LogP contribution in [0.2, 0.25) is 0 Å². The van der Waals surface area contributed by atoms with Gasteiger partial charge in [0.05, 0.1) is 0 Å². The summed E-state index contributed by atoms with van der Waals surface area (Å²) in [5.41, 5.74) is 6.38. The quantitative estimate of drug-likeness (QED) is 0.648. The summed E-state index contributed by atoms with van der Waals surface area (Å²) in [5.74, 6) is 0.766. The number of likely N-dealkylation sites (tertiary alicyclic amines) is 1. The minimum Gasteiger partial charge on any atom is -0.324 e. The number of likely N-dealkylation sites (N-methyl/N-ethyl adjacent to an activating group) is 1. The number of hydrogen-bond acceptors (Lipinski definition) is 3. The normalized spacial score (nSPS) is 34.8. The first-order chi connectivity index (χ1) is 6.15. The van der Waals surface area contributed by atoms with E-state index in [2.05, 4.69) is 24.3 Å². The van der Waals surface area contributed by atoms with Gasteiger partial charge in [0.1, 0.15) is 0 Å². The zero-order valence-electron chi connectivity index (χ0n) is 8.71. The van der Waals surface area contributed by atoms with Crippen LogP contribution in [0, 0.1) is 5.92 Å². The maximum atomic E-state index is 6.25. The van der Waals surface area contributed by atoms with E-state index in [0.717, 1.165) is 5.92 Å². The molecule has 3 nitrogen and oxygen atoms in total. The fourth-order valence-electron chi connectivity index (χ4n) is 2.69. The molecule has 76 valence electrons. The zero-order valence-corrected chi connectivity index (χ0v) is 8.71. The third-order valence-electron chi connectivity index (χ3n) is 3.66. The lowest BCUT2D eigenvalue weighted by Crippen LogP contribution is -2.51. The molecule has 1 saturated heterocycles. The van der Waals surface area contributed by atoms with Crippen molar-refractivity contribution in [3.8, 4) is 0 Å². The summed E-state index contributed by atoms with van der Waals surface area (Å²) in [7, 11) is 4.25. The molecule has 2 rings (SSSR count). The van der Waals surface area contributed by atoms with Gasteiger partial charge in [0, 0.05) is 18.1 Å². The van der Waals surface area contributed by atoms with E-state index < -0.39 is 0 Å². The predicted octanol–water partition coefficient (Wildman–Crippen LogP) is 0.0174. The Morgan fingerprint density at radius 2 is 2.23 bits per heavy atom. The van der Waals surface area contributed by atoms with Gasteiger partial charge in [0.25, 0.3) is 0 Å². The second kappa shape index (κ2) is 3.23. The molecular formula is C10H21N3. The highest BCUT2D eigenvalue weighted by Gasteiger charge is 2.48. The van der Waals surface area contributed by atoms with Gasteiger partial charge in [-0.25, -0.2) is 0 Å². The molecule has 0 aromatic heterocycles. The first-order valence-corrected chi connectivity index (χ1v) is 5.30. The van der Waals surface area contributed by atoms with Crippen molar-refractivity contribution < 1.29 is 0 Å². The highest BCUT2D eigenvalue weighted by atomic mass is 15.1. The first kappa shape index (κ1) is 9.44. The van der Waals surface area contributed by atoms with Crippen LogP contribution >= 0.6 is 0 Å². The smallest absolute Gasteiger partial charge is 0.0314 e. The van der Waals surface area contributed by atoms with Crippen molar-refractivity contribution in [2.45, 2.75) is 30.8 Å². The molecule has 3 N–H and O–H groups in total. The number of nitrogens with two attached hydrogens (primary N) is 1. The molecule has 1 aliphatic carbocycles. The Hall–Kier alpha value is -0.120. The Kier molecular flexibility index (Phi) is 2.34. The highest BCUT2D eigenvalue weighted by molar-refractivity contribution is 5.10. The Morgan fingerprint density at radius 3 is 2.62 bits per heavy atom. The number of rotatable bonds is 3. The first-order valence-electron chi connectivity index (χ1n) is 5.30. The molecule has 13 heavy (non-hydrogen) atoms. The molecule has 0 radical (unpaired) electrons. The lowest BCUT2D eigenvalue weighted by Gasteiger charge is -2.28. The van der Waals surface area contributed by atoms with Crippen LogP contribution in [-0.2, 0) is 0 Å². The van der Waals surface area contributed by atoms with E-state index in [-0.39, 0.29) is 5.54 Å². The number of hydrogen-bond donors (Lipinski definition) is 2.